The SMILES string of the molecule is CC(=O)Oc1cccc(C(=O)N[C@@H](Cc2cccc(C#N)c2)C(=O)O)c1. The van der Waals surface area contributed by atoms with Gasteiger partial charge in [-0.25, -0.2) is 4.79 Å². The van der Waals surface area contributed by atoms with E-state index in [0.717, 1.165) is 0 Å². The normalized spacial score (nSPS) is 11.1. The molecule has 1 amide bonds. The Hall–Kier alpha value is -3.66. The molecule has 0 aromatic heterocycles. The smallest absolute Gasteiger partial charge is 0.326 e. The maximum atomic E-state index is 12.3. The van der Waals surface area contributed by atoms with E-state index in [4.69, 9.17) is 10.00 Å². The van der Waals surface area contributed by atoms with Gasteiger partial charge in [0.05, 0.1) is 11.6 Å². The zero-order valence-electron chi connectivity index (χ0n) is 13.9. The van der Waals surface area contributed by atoms with Crippen LogP contribution in [0.15, 0.2) is 48.5 Å². The Morgan fingerprint density at radius 2 is 1.92 bits per heavy atom. The summed E-state index contributed by atoms with van der Waals surface area (Å²) in [7, 11) is 0. The summed E-state index contributed by atoms with van der Waals surface area (Å²) in [5.41, 5.74) is 1.19. The average molecular weight is 352 g/mol. The number of carboxylic acid groups (broad SMARTS) is 1. The van der Waals surface area contributed by atoms with Crippen molar-refractivity contribution in [3.05, 3.63) is 65.2 Å². The lowest BCUT2D eigenvalue weighted by molar-refractivity contribution is -0.139. The molecule has 2 aromatic rings. The molecule has 0 heterocycles. The molecule has 0 saturated heterocycles. The van der Waals surface area contributed by atoms with Crippen molar-refractivity contribution in [2.75, 3.05) is 0 Å². The van der Waals surface area contributed by atoms with Crippen LogP contribution in [-0.2, 0) is 16.0 Å². The third-order valence-electron chi connectivity index (χ3n) is 3.46. The van der Waals surface area contributed by atoms with Gasteiger partial charge in [0.2, 0.25) is 0 Å². The molecule has 0 unspecified atom stereocenters. The number of nitriles is 1. The van der Waals surface area contributed by atoms with Crippen molar-refractivity contribution in [2.24, 2.45) is 0 Å². The monoisotopic (exact) mass is 352 g/mol. The second-order valence-electron chi connectivity index (χ2n) is 5.50. The fraction of sp³-hybridized carbons (Fsp3) is 0.158. The second kappa shape index (κ2) is 8.44. The van der Waals surface area contributed by atoms with E-state index < -0.39 is 23.9 Å². The maximum Gasteiger partial charge on any atom is 0.326 e. The number of amides is 1. The summed E-state index contributed by atoms with van der Waals surface area (Å²) in [6.45, 7) is 1.24. The zero-order valence-corrected chi connectivity index (χ0v) is 13.9. The van der Waals surface area contributed by atoms with Crippen LogP contribution in [0.5, 0.6) is 5.75 Å². The molecular weight excluding hydrogens is 336 g/mol. The quantitative estimate of drug-likeness (QED) is 0.606. The van der Waals surface area contributed by atoms with Crippen LogP contribution in [0.25, 0.3) is 0 Å². The average Bonchev–Trinajstić information content (AvgIpc) is 2.60. The molecule has 0 aliphatic rings. The maximum absolute atomic E-state index is 12.3. The Bertz CT molecular complexity index is 885. The summed E-state index contributed by atoms with van der Waals surface area (Å²) in [5, 5.41) is 20.7. The van der Waals surface area contributed by atoms with Gasteiger partial charge in [0.1, 0.15) is 11.8 Å². The van der Waals surface area contributed by atoms with E-state index in [-0.39, 0.29) is 17.7 Å². The molecule has 0 aliphatic heterocycles. The molecule has 0 saturated carbocycles. The van der Waals surface area contributed by atoms with E-state index in [1.807, 2.05) is 6.07 Å². The number of carboxylic acids is 1. The Kier molecular flexibility index (Phi) is 6.06. The van der Waals surface area contributed by atoms with Gasteiger partial charge in [-0.05, 0) is 35.9 Å². The van der Waals surface area contributed by atoms with Crippen molar-refractivity contribution in [1.82, 2.24) is 5.32 Å². The van der Waals surface area contributed by atoms with Gasteiger partial charge in [0.15, 0.2) is 0 Å². The largest absolute Gasteiger partial charge is 0.480 e. The Morgan fingerprint density at radius 3 is 2.58 bits per heavy atom. The minimum atomic E-state index is -1.20. The topological polar surface area (TPSA) is 116 Å². The fourth-order valence-corrected chi connectivity index (χ4v) is 2.31. The molecule has 0 radical (unpaired) electrons. The highest BCUT2D eigenvalue weighted by Crippen LogP contribution is 2.14. The molecule has 7 nitrogen and oxygen atoms in total. The molecule has 0 spiro atoms. The van der Waals surface area contributed by atoms with Gasteiger partial charge in [-0.1, -0.05) is 18.2 Å². The van der Waals surface area contributed by atoms with E-state index in [2.05, 4.69) is 5.32 Å². The highest BCUT2D eigenvalue weighted by molar-refractivity contribution is 5.97. The van der Waals surface area contributed by atoms with Crippen LogP contribution >= 0.6 is 0 Å². The van der Waals surface area contributed by atoms with Crippen molar-refractivity contribution >= 4 is 17.8 Å². The first-order valence-electron chi connectivity index (χ1n) is 7.70. The summed E-state index contributed by atoms with van der Waals surface area (Å²) in [6.07, 6.45) is 0.0280. The lowest BCUT2D eigenvalue weighted by Gasteiger charge is -2.15. The van der Waals surface area contributed by atoms with Gasteiger partial charge in [-0.3, -0.25) is 9.59 Å². The number of nitrogens with zero attached hydrogens (tertiary/aromatic N) is 1. The van der Waals surface area contributed by atoms with E-state index in [9.17, 15) is 19.5 Å². The van der Waals surface area contributed by atoms with Gasteiger partial charge >= 0.3 is 11.9 Å². The number of aliphatic carboxylic acids is 1. The van der Waals surface area contributed by atoms with Crippen LogP contribution in [0.4, 0.5) is 0 Å². The third kappa shape index (κ3) is 5.18. The molecular formula is C19H16N2O5. The number of carbonyl (C=O) groups is 3. The van der Waals surface area contributed by atoms with Gasteiger partial charge in [-0.2, -0.15) is 5.26 Å². The van der Waals surface area contributed by atoms with Gasteiger partial charge in [0.25, 0.3) is 5.91 Å². The number of hydrogen-bond donors (Lipinski definition) is 2. The Labute approximate surface area is 149 Å². The highest BCUT2D eigenvalue weighted by Gasteiger charge is 2.21. The molecule has 132 valence electrons. The summed E-state index contributed by atoms with van der Waals surface area (Å²) >= 11 is 0. The summed E-state index contributed by atoms with van der Waals surface area (Å²) in [6, 6.07) is 13.2. The van der Waals surface area contributed by atoms with Crippen LogP contribution in [-0.4, -0.2) is 29.0 Å². The van der Waals surface area contributed by atoms with Crippen LogP contribution in [0, 0.1) is 11.3 Å². The molecule has 0 bridgehead atoms. The minimum Gasteiger partial charge on any atom is -0.480 e. The molecule has 26 heavy (non-hydrogen) atoms. The first kappa shape index (κ1) is 18.7. The second-order valence-corrected chi connectivity index (χ2v) is 5.50. The number of hydrogen-bond acceptors (Lipinski definition) is 5. The van der Waals surface area contributed by atoms with Crippen molar-refractivity contribution in [3.8, 4) is 11.8 Å². The Morgan fingerprint density at radius 1 is 1.19 bits per heavy atom. The summed E-state index contributed by atoms with van der Waals surface area (Å²) < 4.78 is 4.91. The number of esters is 1. The lowest BCUT2D eigenvalue weighted by Crippen LogP contribution is -2.42. The summed E-state index contributed by atoms with van der Waals surface area (Å²) in [4.78, 5) is 34.8. The zero-order chi connectivity index (χ0) is 19.1. The van der Waals surface area contributed by atoms with Crippen LogP contribution in [0.1, 0.15) is 28.4 Å². The first-order valence-corrected chi connectivity index (χ1v) is 7.70. The molecule has 2 aromatic carbocycles. The number of ether oxygens (including phenoxy) is 1. The van der Waals surface area contributed by atoms with Gasteiger partial charge in [-0.15, -0.1) is 0 Å². The Balaban J connectivity index is 2.14. The standard InChI is InChI=1S/C19H16N2O5/c1-12(22)26-16-7-3-6-15(10-16)18(23)21-17(19(24)25)9-13-4-2-5-14(8-13)11-20/h2-8,10,17H,9H2,1H3,(H,21,23)(H,24,25)/t17-/m0/s1. The van der Waals surface area contributed by atoms with E-state index >= 15 is 0 Å². The molecule has 2 N–H and O–H groups in total. The predicted octanol–water partition coefficient (Wildman–Crippen LogP) is 1.91. The molecule has 0 fully saturated rings. The van der Waals surface area contributed by atoms with E-state index in [1.165, 1.54) is 31.2 Å². The third-order valence-corrected chi connectivity index (χ3v) is 3.46. The van der Waals surface area contributed by atoms with Gasteiger partial charge < -0.3 is 15.2 Å². The summed E-state index contributed by atoms with van der Waals surface area (Å²) in [5.74, 6) is -2.14. The van der Waals surface area contributed by atoms with Gasteiger partial charge in [0, 0.05) is 18.9 Å². The fourth-order valence-electron chi connectivity index (χ4n) is 2.31. The predicted molar refractivity (Wildman–Crippen MR) is 91.5 cm³/mol. The molecule has 1 atom stereocenters. The van der Waals surface area contributed by atoms with Crippen molar-refractivity contribution < 1.29 is 24.2 Å². The van der Waals surface area contributed by atoms with Crippen LogP contribution in [0.3, 0.4) is 0 Å². The minimum absolute atomic E-state index is 0.0280. The van der Waals surface area contributed by atoms with Crippen molar-refractivity contribution in [2.45, 2.75) is 19.4 Å². The number of benzene rings is 2. The number of carbonyl (C=O) groups excluding carboxylic acids is 2. The highest BCUT2D eigenvalue weighted by atomic mass is 16.5. The van der Waals surface area contributed by atoms with Crippen LogP contribution in [0.2, 0.25) is 0 Å². The van der Waals surface area contributed by atoms with E-state index in [1.54, 1.807) is 24.3 Å². The van der Waals surface area contributed by atoms with Crippen molar-refractivity contribution in [3.63, 3.8) is 0 Å². The lowest BCUT2D eigenvalue weighted by atomic mass is 10.0. The first-order chi connectivity index (χ1) is 12.4. The number of nitrogens with one attached hydrogen (secondary N) is 1. The van der Waals surface area contributed by atoms with Crippen molar-refractivity contribution in [1.29, 1.82) is 5.26 Å². The van der Waals surface area contributed by atoms with Crippen LogP contribution < -0.4 is 10.1 Å². The van der Waals surface area contributed by atoms with E-state index in [0.29, 0.717) is 11.1 Å². The molecule has 2 rings (SSSR count). The molecule has 7 heteroatoms. The number of rotatable bonds is 6. The molecule has 0 aliphatic carbocycles.